The molecule has 4 rings (SSSR count). The van der Waals surface area contributed by atoms with Crippen LogP contribution in [0.4, 0.5) is 0 Å². The standard InChI is InChI=1S/C21H20N2O3S/c24-21-18-10-4-5-11-20(18)27(25,26)23(15-17-9-6-12-22-14-17)19(21)13-16-7-2-1-3-8-16/h1-12,14,19,21,24H,13,15H2. The number of aliphatic hydroxyl groups excluding tert-OH is 1. The number of benzene rings is 2. The highest BCUT2D eigenvalue weighted by Gasteiger charge is 2.43. The van der Waals surface area contributed by atoms with Crippen molar-refractivity contribution < 1.29 is 13.5 Å². The summed E-state index contributed by atoms with van der Waals surface area (Å²) >= 11 is 0. The Bertz CT molecular complexity index is 1020. The van der Waals surface area contributed by atoms with Crippen LogP contribution >= 0.6 is 0 Å². The third kappa shape index (κ3) is 3.39. The maximum atomic E-state index is 13.3. The molecule has 0 aliphatic carbocycles. The maximum absolute atomic E-state index is 13.3. The maximum Gasteiger partial charge on any atom is 0.244 e. The summed E-state index contributed by atoms with van der Waals surface area (Å²) in [6.07, 6.45) is 2.83. The SMILES string of the molecule is O=S1(=O)c2ccccc2C(O)C(Cc2ccccc2)N1Cc1cccnc1. The Hall–Kier alpha value is -2.54. The van der Waals surface area contributed by atoms with Crippen LogP contribution in [0.3, 0.4) is 0 Å². The van der Waals surface area contributed by atoms with Crippen molar-refractivity contribution in [2.24, 2.45) is 0 Å². The molecule has 2 heterocycles. The minimum Gasteiger partial charge on any atom is -0.387 e. The van der Waals surface area contributed by atoms with Crippen molar-refractivity contribution in [1.82, 2.24) is 9.29 Å². The lowest BCUT2D eigenvalue weighted by Gasteiger charge is -2.39. The molecule has 0 bridgehead atoms. The Labute approximate surface area is 159 Å². The van der Waals surface area contributed by atoms with Crippen LogP contribution in [0.5, 0.6) is 0 Å². The lowest BCUT2D eigenvalue weighted by molar-refractivity contribution is 0.0769. The van der Waals surface area contributed by atoms with Gasteiger partial charge in [0.05, 0.1) is 17.0 Å². The molecule has 27 heavy (non-hydrogen) atoms. The summed E-state index contributed by atoms with van der Waals surface area (Å²) in [7, 11) is -3.74. The molecule has 6 heteroatoms. The number of hydrogen-bond acceptors (Lipinski definition) is 4. The zero-order valence-corrected chi connectivity index (χ0v) is 15.5. The van der Waals surface area contributed by atoms with Gasteiger partial charge in [-0.1, -0.05) is 54.6 Å². The highest BCUT2D eigenvalue weighted by Crippen LogP contribution is 2.38. The fraction of sp³-hybridized carbons (Fsp3) is 0.190. The molecule has 0 radical (unpaired) electrons. The summed E-state index contributed by atoms with van der Waals surface area (Å²) < 4.78 is 28.1. The van der Waals surface area contributed by atoms with Gasteiger partial charge in [-0.2, -0.15) is 4.31 Å². The predicted molar refractivity (Wildman–Crippen MR) is 102 cm³/mol. The van der Waals surface area contributed by atoms with Crippen LogP contribution in [0.15, 0.2) is 84.0 Å². The molecule has 138 valence electrons. The van der Waals surface area contributed by atoms with Crippen LogP contribution in [0.2, 0.25) is 0 Å². The van der Waals surface area contributed by atoms with E-state index in [0.717, 1.165) is 11.1 Å². The van der Waals surface area contributed by atoms with E-state index in [1.807, 2.05) is 36.4 Å². The normalized spacial score (nSPS) is 21.5. The van der Waals surface area contributed by atoms with E-state index in [1.165, 1.54) is 4.31 Å². The van der Waals surface area contributed by atoms with E-state index >= 15 is 0 Å². The zero-order chi connectivity index (χ0) is 18.9. The average molecular weight is 380 g/mol. The summed E-state index contributed by atoms with van der Waals surface area (Å²) in [5, 5.41) is 11.0. The highest BCUT2D eigenvalue weighted by atomic mass is 32.2. The topological polar surface area (TPSA) is 70.5 Å². The van der Waals surface area contributed by atoms with Gasteiger partial charge in [0.2, 0.25) is 10.0 Å². The molecule has 2 atom stereocenters. The number of aliphatic hydroxyl groups is 1. The van der Waals surface area contributed by atoms with Gasteiger partial charge < -0.3 is 5.11 Å². The number of hydrogen-bond donors (Lipinski definition) is 1. The monoisotopic (exact) mass is 380 g/mol. The molecule has 0 saturated carbocycles. The fourth-order valence-electron chi connectivity index (χ4n) is 3.57. The Balaban J connectivity index is 1.80. The lowest BCUT2D eigenvalue weighted by Crippen LogP contribution is -2.48. The van der Waals surface area contributed by atoms with Crippen LogP contribution in [0.1, 0.15) is 22.8 Å². The molecule has 0 spiro atoms. The van der Waals surface area contributed by atoms with Crippen LogP contribution in [0.25, 0.3) is 0 Å². The van der Waals surface area contributed by atoms with Crippen LogP contribution < -0.4 is 0 Å². The molecule has 0 amide bonds. The quantitative estimate of drug-likeness (QED) is 0.756. The molecule has 1 aliphatic heterocycles. The van der Waals surface area contributed by atoms with Gasteiger partial charge in [0.25, 0.3) is 0 Å². The van der Waals surface area contributed by atoms with E-state index in [4.69, 9.17) is 0 Å². The molecule has 5 nitrogen and oxygen atoms in total. The number of sulfonamides is 1. The van der Waals surface area contributed by atoms with Crippen molar-refractivity contribution in [1.29, 1.82) is 0 Å². The van der Waals surface area contributed by atoms with E-state index in [9.17, 15) is 13.5 Å². The fourth-order valence-corrected chi connectivity index (χ4v) is 5.43. The van der Waals surface area contributed by atoms with E-state index in [-0.39, 0.29) is 11.4 Å². The Morgan fingerprint density at radius 1 is 0.926 bits per heavy atom. The second kappa shape index (κ2) is 7.23. The van der Waals surface area contributed by atoms with Crippen molar-refractivity contribution >= 4 is 10.0 Å². The van der Waals surface area contributed by atoms with Gasteiger partial charge in [-0.25, -0.2) is 8.42 Å². The minimum absolute atomic E-state index is 0.166. The Morgan fingerprint density at radius 2 is 1.63 bits per heavy atom. The van der Waals surface area contributed by atoms with E-state index in [0.29, 0.717) is 12.0 Å². The molecular formula is C21H20N2O3S. The second-order valence-corrected chi connectivity index (χ2v) is 8.51. The molecule has 0 fully saturated rings. The van der Waals surface area contributed by atoms with E-state index < -0.39 is 22.2 Å². The molecule has 2 unspecified atom stereocenters. The third-order valence-electron chi connectivity index (χ3n) is 4.91. The summed E-state index contributed by atoms with van der Waals surface area (Å²) in [4.78, 5) is 4.26. The Morgan fingerprint density at radius 3 is 2.37 bits per heavy atom. The molecule has 1 aromatic heterocycles. The van der Waals surface area contributed by atoms with Crippen LogP contribution in [0, 0.1) is 0 Å². The van der Waals surface area contributed by atoms with Gasteiger partial charge in [-0.05, 0) is 29.7 Å². The van der Waals surface area contributed by atoms with Crippen LogP contribution in [-0.2, 0) is 23.0 Å². The first-order valence-electron chi connectivity index (χ1n) is 8.79. The van der Waals surface area contributed by atoms with Crippen molar-refractivity contribution in [2.45, 2.75) is 30.0 Å². The third-order valence-corrected chi connectivity index (χ3v) is 6.85. The van der Waals surface area contributed by atoms with E-state index in [2.05, 4.69) is 4.98 Å². The van der Waals surface area contributed by atoms with E-state index in [1.54, 1.807) is 42.7 Å². The lowest BCUT2D eigenvalue weighted by atomic mass is 9.95. The largest absolute Gasteiger partial charge is 0.387 e. The molecule has 0 saturated heterocycles. The van der Waals surface area contributed by atoms with Crippen molar-refractivity contribution in [3.8, 4) is 0 Å². The molecule has 3 aromatic rings. The number of fused-ring (bicyclic) bond motifs is 1. The minimum atomic E-state index is -3.74. The number of pyridine rings is 1. The summed E-state index contributed by atoms with van der Waals surface area (Å²) in [5.41, 5.74) is 2.22. The van der Waals surface area contributed by atoms with Gasteiger partial charge in [-0.3, -0.25) is 4.98 Å². The van der Waals surface area contributed by atoms with Crippen LogP contribution in [-0.4, -0.2) is 28.9 Å². The number of aromatic nitrogens is 1. The first kappa shape index (κ1) is 17.9. The number of nitrogens with zero attached hydrogens (tertiary/aromatic N) is 2. The number of rotatable bonds is 4. The van der Waals surface area contributed by atoms with Gasteiger partial charge in [-0.15, -0.1) is 0 Å². The van der Waals surface area contributed by atoms with Crippen molar-refractivity contribution in [3.63, 3.8) is 0 Å². The summed E-state index contributed by atoms with van der Waals surface area (Å²) in [6.45, 7) is 0.166. The molecule has 1 N–H and O–H groups in total. The second-order valence-electron chi connectivity index (χ2n) is 6.65. The van der Waals surface area contributed by atoms with Gasteiger partial charge in [0.15, 0.2) is 0 Å². The highest BCUT2D eigenvalue weighted by molar-refractivity contribution is 7.89. The first-order valence-corrected chi connectivity index (χ1v) is 10.2. The van der Waals surface area contributed by atoms with Crippen molar-refractivity contribution in [2.75, 3.05) is 0 Å². The molecule has 1 aliphatic rings. The zero-order valence-electron chi connectivity index (χ0n) is 14.6. The van der Waals surface area contributed by atoms with Gasteiger partial charge in [0.1, 0.15) is 0 Å². The molecule has 2 aromatic carbocycles. The average Bonchev–Trinajstić information content (AvgIpc) is 2.71. The summed E-state index contributed by atoms with van der Waals surface area (Å²) in [5.74, 6) is 0. The van der Waals surface area contributed by atoms with Gasteiger partial charge in [0, 0.05) is 24.5 Å². The van der Waals surface area contributed by atoms with Crippen molar-refractivity contribution in [3.05, 3.63) is 95.8 Å². The van der Waals surface area contributed by atoms with Gasteiger partial charge >= 0.3 is 0 Å². The first-order chi connectivity index (χ1) is 13.1. The smallest absolute Gasteiger partial charge is 0.244 e. The Kier molecular flexibility index (Phi) is 4.78. The molecular weight excluding hydrogens is 360 g/mol. The predicted octanol–water partition coefficient (Wildman–Crippen LogP) is 2.93. The summed E-state index contributed by atoms with van der Waals surface area (Å²) in [6, 6.07) is 19.4.